The van der Waals surface area contributed by atoms with Crippen molar-refractivity contribution < 1.29 is 9.59 Å². The molecule has 1 aromatic carbocycles. The molecule has 2 amide bonds. The molecule has 2 N–H and O–H groups in total. The molecule has 1 aliphatic heterocycles. The molecule has 1 fully saturated rings. The van der Waals surface area contributed by atoms with Gasteiger partial charge in [-0.15, -0.1) is 0 Å². The molecule has 2 aliphatic rings. The van der Waals surface area contributed by atoms with E-state index in [9.17, 15) is 9.59 Å². The van der Waals surface area contributed by atoms with E-state index in [-0.39, 0.29) is 24.3 Å². The molecule has 1 aromatic heterocycles. The maximum atomic E-state index is 12.6. The van der Waals surface area contributed by atoms with Crippen LogP contribution in [0.4, 0.5) is 0 Å². The van der Waals surface area contributed by atoms with Crippen molar-refractivity contribution in [3.63, 3.8) is 0 Å². The minimum Gasteiger partial charge on any atom is -0.356 e. The smallest absolute Gasteiger partial charge is 0.237 e. The van der Waals surface area contributed by atoms with E-state index < -0.39 is 6.04 Å². The molecule has 0 unspecified atom stereocenters. The van der Waals surface area contributed by atoms with Gasteiger partial charge >= 0.3 is 0 Å². The number of hydrogen-bond donors (Lipinski definition) is 2. The highest BCUT2D eigenvalue weighted by Gasteiger charge is 2.37. The van der Waals surface area contributed by atoms with E-state index in [4.69, 9.17) is 0 Å². The Morgan fingerprint density at radius 1 is 1.17 bits per heavy atom. The standard InChI is InChI=1S/C23H29N5O2/c1-15-11-16(2)27-21(26-15)7-8-24-22(29)14-20-23(30)25-9-10-28(20)19-12-17-5-3-4-6-18(17)13-19/h3-6,11,19-20H,7-10,12-14H2,1-2H3,(H,24,29)(H,25,30)/t20-/m1/s1. The lowest BCUT2D eigenvalue weighted by Crippen LogP contribution is -2.59. The predicted octanol–water partition coefficient (Wildman–Crippen LogP) is 1.11. The molecule has 4 rings (SSSR count). The van der Waals surface area contributed by atoms with Crippen LogP contribution in [0.15, 0.2) is 30.3 Å². The van der Waals surface area contributed by atoms with Gasteiger partial charge in [0.2, 0.25) is 11.8 Å². The third-order valence-electron chi connectivity index (χ3n) is 5.95. The van der Waals surface area contributed by atoms with Crippen molar-refractivity contribution in [3.05, 3.63) is 58.7 Å². The maximum Gasteiger partial charge on any atom is 0.237 e. The van der Waals surface area contributed by atoms with Crippen molar-refractivity contribution in [3.8, 4) is 0 Å². The zero-order valence-corrected chi connectivity index (χ0v) is 17.6. The van der Waals surface area contributed by atoms with Crippen LogP contribution in [0.2, 0.25) is 0 Å². The summed E-state index contributed by atoms with van der Waals surface area (Å²) in [5.74, 6) is 0.570. The Morgan fingerprint density at radius 3 is 2.50 bits per heavy atom. The second-order valence-electron chi connectivity index (χ2n) is 8.25. The van der Waals surface area contributed by atoms with Gasteiger partial charge < -0.3 is 10.6 Å². The molecule has 7 nitrogen and oxygen atoms in total. The van der Waals surface area contributed by atoms with E-state index in [0.717, 1.165) is 36.6 Å². The Kier molecular flexibility index (Phi) is 6.08. The molecule has 0 spiro atoms. The molecule has 2 heterocycles. The van der Waals surface area contributed by atoms with Gasteiger partial charge in [-0.05, 0) is 43.9 Å². The fraction of sp³-hybridized carbons (Fsp3) is 0.478. The lowest BCUT2D eigenvalue weighted by Gasteiger charge is -2.38. The number of carbonyl (C=O) groups excluding carboxylic acids is 2. The van der Waals surface area contributed by atoms with Crippen molar-refractivity contribution in [1.82, 2.24) is 25.5 Å². The quantitative estimate of drug-likeness (QED) is 0.749. The summed E-state index contributed by atoms with van der Waals surface area (Å²) in [5.41, 5.74) is 4.56. The van der Waals surface area contributed by atoms with Crippen LogP contribution < -0.4 is 10.6 Å². The third kappa shape index (κ3) is 4.67. The summed E-state index contributed by atoms with van der Waals surface area (Å²) in [4.78, 5) is 36.2. The van der Waals surface area contributed by atoms with Gasteiger partial charge in [0.25, 0.3) is 0 Å². The second-order valence-corrected chi connectivity index (χ2v) is 8.25. The minimum atomic E-state index is -0.421. The van der Waals surface area contributed by atoms with Crippen LogP contribution in [0.1, 0.15) is 34.8 Å². The molecule has 7 heteroatoms. The molecule has 1 atom stereocenters. The highest BCUT2D eigenvalue weighted by Crippen LogP contribution is 2.28. The number of aromatic nitrogens is 2. The van der Waals surface area contributed by atoms with Gasteiger partial charge in [0, 0.05) is 43.5 Å². The highest BCUT2D eigenvalue weighted by atomic mass is 16.2. The maximum absolute atomic E-state index is 12.6. The van der Waals surface area contributed by atoms with E-state index in [1.54, 1.807) is 0 Å². The number of aryl methyl sites for hydroxylation is 2. The van der Waals surface area contributed by atoms with Crippen molar-refractivity contribution >= 4 is 11.8 Å². The van der Waals surface area contributed by atoms with Crippen LogP contribution in [0.3, 0.4) is 0 Å². The minimum absolute atomic E-state index is 0.0509. The van der Waals surface area contributed by atoms with Crippen molar-refractivity contribution in [2.75, 3.05) is 19.6 Å². The molecule has 1 saturated heterocycles. The van der Waals surface area contributed by atoms with Crippen LogP contribution >= 0.6 is 0 Å². The fourth-order valence-electron chi connectivity index (χ4n) is 4.62. The Bertz CT molecular complexity index is 900. The van der Waals surface area contributed by atoms with Crippen LogP contribution in [0.5, 0.6) is 0 Å². The van der Waals surface area contributed by atoms with Gasteiger partial charge in [-0.3, -0.25) is 14.5 Å². The normalized spacial score (nSPS) is 19.4. The first-order valence-corrected chi connectivity index (χ1v) is 10.7. The van der Waals surface area contributed by atoms with E-state index in [1.165, 1.54) is 11.1 Å². The van der Waals surface area contributed by atoms with Crippen LogP contribution in [-0.2, 0) is 28.9 Å². The lowest BCUT2D eigenvalue weighted by atomic mass is 10.0. The summed E-state index contributed by atoms with van der Waals surface area (Å²) in [6, 6.07) is 10.2. The Balaban J connectivity index is 1.34. The first-order chi connectivity index (χ1) is 14.5. The van der Waals surface area contributed by atoms with Crippen LogP contribution in [0.25, 0.3) is 0 Å². The molecule has 0 radical (unpaired) electrons. The van der Waals surface area contributed by atoms with E-state index in [2.05, 4.69) is 49.8 Å². The largest absolute Gasteiger partial charge is 0.356 e. The zero-order valence-electron chi connectivity index (χ0n) is 17.6. The van der Waals surface area contributed by atoms with Gasteiger partial charge in [0.05, 0.1) is 12.5 Å². The summed E-state index contributed by atoms with van der Waals surface area (Å²) in [5, 5.41) is 5.87. The summed E-state index contributed by atoms with van der Waals surface area (Å²) < 4.78 is 0. The van der Waals surface area contributed by atoms with Crippen molar-refractivity contribution in [2.45, 2.75) is 51.6 Å². The molecule has 30 heavy (non-hydrogen) atoms. The summed E-state index contributed by atoms with van der Waals surface area (Å²) in [6.45, 7) is 5.75. The molecular weight excluding hydrogens is 378 g/mol. The van der Waals surface area contributed by atoms with E-state index in [0.29, 0.717) is 19.5 Å². The average Bonchev–Trinajstić information content (AvgIpc) is 3.13. The fourth-order valence-corrected chi connectivity index (χ4v) is 4.62. The van der Waals surface area contributed by atoms with E-state index in [1.807, 2.05) is 19.9 Å². The molecule has 158 valence electrons. The number of fused-ring (bicyclic) bond motifs is 1. The van der Waals surface area contributed by atoms with Crippen molar-refractivity contribution in [2.24, 2.45) is 0 Å². The number of piperazine rings is 1. The molecule has 0 saturated carbocycles. The van der Waals surface area contributed by atoms with E-state index >= 15 is 0 Å². The van der Waals surface area contributed by atoms with Crippen molar-refractivity contribution in [1.29, 1.82) is 0 Å². The van der Waals surface area contributed by atoms with Crippen LogP contribution in [0, 0.1) is 13.8 Å². The Morgan fingerprint density at radius 2 is 1.83 bits per heavy atom. The third-order valence-corrected chi connectivity index (χ3v) is 5.95. The topological polar surface area (TPSA) is 87.2 Å². The first-order valence-electron chi connectivity index (χ1n) is 10.7. The number of amides is 2. The number of carbonyl (C=O) groups is 2. The SMILES string of the molecule is Cc1cc(C)nc(CCNC(=O)C[C@@H]2C(=O)NCCN2C2Cc3ccccc3C2)n1. The Labute approximate surface area is 177 Å². The van der Waals surface area contributed by atoms with Gasteiger partial charge in [-0.25, -0.2) is 9.97 Å². The van der Waals surface area contributed by atoms with Gasteiger partial charge in [-0.1, -0.05) is 24.3 Å². The van der Waals surface area contributed by atoms with Gasteiger partial charge in [0.1, 0.15) is 5.82 Å². The molecule has 1 aliphatic carbocycles. The van der Waals surface area contributed by atoms with Crippen LogP contribution in [-0.4, -0.2) is 58.4 Å². The number of benzene rings is 1. The number of rotatable bonds is 6. The average molecular weight is 408 g/mol. The Hall–Kier alpha value is -2.80. The zero-order chi connectivity index (χ0) is 21.1. The second kappa shape index (κ2) is 8.92. The number of nitrogens with one attached hydrogen (secondary N) is 2. The van der Waals surface area contributed by atoms with Gasteiger partial charge in [0.15, 0.2) is 0 Å². The summed E-state index contributed by atoms with van der Waals surface area (Å²) >= 11 is 0. The highest BCUT2D eigenvalue weighted by molar-refractivity contribution is 5.88. The summed E-state index contributed by atoms with van der Waals surface area (Å²) in [6.07, 6.45) is 2.62. The molecule has 2 aromatic rings. The monoisotopic (exact) mass is 407 g/mol. The molecule has 0 bridgehead atoms. The van der Waals surface area contributed by atoms with Gasteiger partial charge in [-0.2, -0.15) is 0 Å². The summed E-state index contributed by atoms with van der Waals surface area (Å²) in [7, 11) is 0. The number of nitrogens with zero attached hydrogens (tertiary/aromatic N) is 3. The lowest BCUT2D eigenvalue weighted by molar-refractivity contribution is -0.135. The molecular formula is C23H29N5O2. The predicted molar refractivity (Wildman–Crippen MR) is 114 cm³/mol. The number of hydrogen-bond acceptors (Lipinski definition) is 5. The first kappa shape index (κ1) is 20.5.